The predicted octanol–water partition coefficient (Wildman–Crippen LogP) is 2.09. The molecule has 0 radical (unpaired) electrons. The van der Waals surface area contributed by atoms with Crippen molar-refractivity contribution in [2.75, 3.05) is 20.6 Å². The summed E-state index contributed by atoms with van der Waals surface area (Å²) in [6, 6.07) is 5.60. The Kier molecular flexibility index (Phi) is 5.14. The van der Waals surface area contributed by atoms with Gasteiger partial charge in [0.2, 0.25) is 0 Å². The van der Waals surface area contributed by atoms with Gasteiger partial charge < -0.3 is 10.2 Å². The number of nitrogens with one attached hydrogen (secondary N) is 1. The summed E-state index contributed by atoms with van der Waals surface area (Å²) in [5.41, 5.74) is 1.38. The van der Waals surface area contributed by atoms with E-state index < -0.39 is 0 Å². The topological polar surface area (TPSA) is 28.2 Å². The van der Waals surface area contributed by atoms with Gasteiger partial charge in [-0.05, 0) is 51.1 Å². The molecule has 3 heteroatoms. The molecule has 1 aliphatic carbocycles. The average molecular weight is 247 g/mol. The van der Waals surface area contributed by atoms with Gasteiger partial charge in [-0.15, -0.1) is 0 Å². The molecular weight excluding hydrogens is 222 g/mol. The molecule has 0 spiro atoms. The molecule has 0 saturated heterocycles. The van der Waals surface area contributed by atoms with Gasteiger partial charge in [0.25, 0.3) is 0 Å². The standard InChI is InChI=1S/C15H25N3/c1-16-14-5-3-4-6-15(14)18(2)12-9-13-7-10-17-11-8-13/h7-8,10-11,14-16H,3-6,9,12H2,1-2H3/t14-,15-/m0/s1. The fourth-order valence-electron chi connectivity index (χ4n) is 3.00. The van der Waals surface area contributed by atoms with Crippen LogP contribution in [0.1, 0.15) is 31.2 Å². The Morgan fingerprint density at radius 2 is 2.00 bits per heavy atom. The average Bonchev–Trinajstić information content (AvgIpc) is 2.45. The van der Waals surface area contributed by atoms with Gasteiger partial charge in [-0.25, -0.2) is 0 Å². The van der Waals surface area contributed by atoms with Gasteiger partial charge in [0.05, 0.1) is 0 Å². The molecular formula is C15H25N3. The normalized spacial score (nSPS) is 24.4. The monoisotopic (exact) mass is 247 g/mol. The zero-order valence-corrected chi connectivity index (χ0v) is 11.6. The first-order chi connectivity index (χ1) is 8.81. The summed E-state index contributed by atoms with van der Waals surface area (Å²) in [5.74, 6) is 0. The van der Waals surface area contributed by atoms with Crippen LogP contribution in [-0.4, -0.2) is 42.6 Å². The second kappa shape index (κ2) is 6.86. The van der Waals surface area contributed by atoms with E-state index in [0.717, 1.165) is 13.0 Å². The largest absolute Gasteiger partial charge is 0.315 e. The lowest BCUT2D eigenvalue weighted by Gasteiger charge is -2.38. The van der Waals surface area contributed by atoms with Crippen molar-refractivity contribution in [2.24, 2.45) is 0 Å². The number of hydrogen-bond acceptors (Lipinski definition) is 3. The van der Waals surface area contributed by atoms with E-state index in [0.29, 0.717) is 12.1 Å². The zero-order chi connectivity index (χ0) is 12.8. The summed E-state index contributed by atoms with van der Waals surface area (Å²) in [6.45, 7) is 1.13. The number of nitrogens with zero attached hydrogens (tertiary/aromatic N) is 2. The molecule has 1 N–H and O–H groups in total. The molecule has 0 aromatic carbocycles. The molecule has 1 aliphatic rings. The lowest BCUT2D eigenvalue weighted by atomic mass is 9.89. The van der Waals surface area contributed by atoms with Gasteiger partial charge in [-0.3, -0.25) is 4.98 Å². The Balaban J connectivity index is 1.85. The van der Waals surface area contributed by atoms with Gasteiger partial charge in [0.1, 0.15) is 0 Å². The molecule has 0 bridgehead atoms. The Hall–Kier alpha value is -0.930. The molecule has 1 saturated carbocycles. The van der Waals surface area contributed by atoms with Crippen LogP contribution in [0.2, 0.25) is 0 Å². The van der Waals surface area contributed by atoms with Gasteiger partial charge in [-0.1, -0.05) is 12.8 Å². The number of aromatic nitrogens is 1. The minimum atomic E-state index is 0.668. The van der Waals surface area contributed by atoms with Crippen LogP contribution in [-0.2, 0) is 6.42 Å². The van der Waals surface area contributed by atoms with Crippen LogP contribution in [0, 0.1) is 0 Å². The van der Waals surface area contributed by atoms with Crippen LogP contribution < -0.4 is 5.32 Å². The molecule has 1 aromatic heterocycles. The van der Waals surface area contributed by atoms with Crippen molar-refractivity contribution >= 4 is 0 Å². The highest BCUT2D eigenvalue weighted by molar-refractivity contribution is 5.10. The summed E-state index contributed by atoms with van der Waals surface area (Å²) in [6.07, 6.45) is 10.3. The van der Waals surface area contributed by atoms with Crippen molar-refractivity contribution in [3.05, 3.63) is 30.1 Å². The van der Waals surface area contributed by atoms with Gasteiger partial charge in [0, 0.05) is 31.0 Å². The second-order valence-corrected chi connectivity index (χ2v) is 5.33. The number of pyridine rings is 1. The molecule has 18 heavy (non-hydrogen) atoms. The fourth-order valence-corrected chi connectivity index (χ4v) is 3.00. The summed E-state index contributed by atoms with van der Waals surface area (Å²) in [4.78, 5) is 6.59. The highest BCUT2D eigenvalue weighted by atomic mass is 15.2. The highest BCUT2D eigenvalue weighted by Gasteiger charge is 2.26. The first kappa shape index (κ1) is 13.5. The van der Waals surface area contributed by atoms with Crippen LogP contribution in [0.5, 0.6) is 0 Å². The van der Waals surface area contributed by atoms with Crippen LogP contribution in [0.3, 0.4) is 0 Å². The summed E-state index contributed by atoms with van der Waals surface area (Å²) < 4.78 is 0. The molecule has 2 rings (SSSR count). The smallest absolute Gasteiger partial charge is 0.0270 e. The van der Waals surface area contributed by atoms with Gasteiger partial charge in [0.15, 0.2) is 0 Å². The van der Waals surface area contributed by atoms with Gasteiger partial charge in [-0.2, -0.15) is 0 Å². The van der Waals surface area contributed by atoms with Crippen molar-refractivity contribution in [3.8, 4) is 0 Å². The van der Waals surface area contributed by atoms with Crippen molar-refractivity contribution in [2.45, 2.75) is 44.2 Å². The van der Waals surface area contributed by atoms with Crippen LogP contribution in [0.4, 0.5) is 0 Å². The van der Waals surface area contributed by atoms with Gasteiger partial charge >= 0.3 is 0 Å². The first-order valence-corrected chi connectivity index (χ1v) is 7.07. The molecule has 100 valence electrons. The summed E-state index contributed by atoms with van der Waals surface area (Å²) in [5, 5.41) is 3.48. The van der Waals surface area contributed by atoms with E-state index in [9.17, 15) is 0 Å². The Labute approximate surface area is 111 Å². The van der Waals surface area contributed by atoms with E-state index in [1.807, 2.05) is 12.4 Å². The second-order valence-electron chi connectivity index (χ2n) is 5.33. The molecule has 1 heterocycles. The molecule has 0 amide bonds. The highest BCUT2D eigenvalue weighted by Crippen LogP contribution is 2.22. The first-order valence-electron chi connectivity index (χ1n) is 7.07. The maximum absolute atomic E-state index is 4.06. The zero-order valence-electron chi connectivity index (χ0n) is 11.6. The molecule has 0 aliphatic heterocycles. The Morgan fingerprint density at radius 3 is 2.72 bits per heavy atom. The van der Waals surface area contributed by atoms with E-state index >= 15 is 0 Å². The number of rotatable bonds is 5. The molecule has 3 nitrogen and oxygen atoms in total. The molecule has 0 unspecified atom stereocenters. The lowest BCUT2D eigenvalue weighted by Crippen LogP contribution is -2.49. The maximum Gasteiger partial charge on any atom is 0.0270 e. The van der Waals surface area contributed by atoms with E-state index in [1.54, 1.807) is 0 Å². The third-order valence-corrected chi connectivity index (χ3v) is 4.17. The van der Waals surface area contributed by atoms with Crippen molar-refractivity contribution < 1.29 is 0 Å². The van der Waals surface area contributed by atoms with Crippen molar-refractivity contribution in [1.82, 2.24) is 15.2 Å². The van der Waals surface area contributed by atoms with E-state index in [1.165, 1.54) is 31.2 Å². The predicted molar refractivity (Wildman–Crippen MR) is 75.7 cm³/mol. The SMILES string of the molecule is CN[C@H]1CCCC[C@@H]1N(C)CCc1ccncc1. The van der Waals surface area contributed by atoms with Crippen molar-refractivity contribution in [1.29, 1.82) is 0 Å². The minimum Gasteiger partial charge on any atom is -0.315 e. The number of hydrogen-bond donors (Lipinski definition) is 1. The molecule has 2 atom stereocenters. The third kappa shape index (κ3) is 3.53. The van der Waals surface area contributed by atoms with Crippen LogP contribution in [0.25, 0.3) is 0 Å². The minimum absolute atomic E-state index is 0.668. The molecule has 1 fully saturated rings. The van der Waals surface area contributed by atoms with E-state index in [-0.39, 0.29) is 0 Å². The quantitative estimate of drug-likeness (QED) is 0.863. The Morgan fingerprint density at radius 1 is 1.28 bits per heavy atom. The third-order valence-electron chi connectivity index (χ3n) is 4.17. The summed E-state index contributed by atoms with van der Waals surface area (Å²) in [7, 11) is 4.36. The number of likely N-dealkylation sites (N-methyl/N-ethyl adjacent to an activating group) is 2. The lowest BCUT2D eigenvalue weighted by molar-refractivity contribution is 0.155. The van der Waals surface area contributed by atoms with E-state index in [2.05, 4.69) is 41.4 Å². The van der Waals surface area contributed by atoms with Crippen LogP contribution in [0.15, 0.2) is 24.5 Å². The summed E-state index contributed by atoms with van der Waals surface area (Å²) >= 11 is 0. The fraction of sp³-hybridized carbons (Fsp3) is 0.667. The Bertz CT molecular complexity index is 339. The maximum atomic E-state index is 4.06. The van der Waals surface area contributed by atoms with E-state index in [4.69, 9.17) is 0 Å². The molecule has 1 aromatic rings. The van der Waals surface area contributed by atoms with Crippen molar-refractivity contribution in [3.63, 3.8) is 0 Å². The van der Waals surface area contributed by atoms with Crippen LogP contribution >= 0.6 is 0 Å².